The summed E-state index contributed by atoms with van der Waals surface area (Å²) in [4.78, 5) is 26.3. The number of carbonyl (C=O) groups is 2. The predicted octanol–water partition coefficient (Wildman–Crippen LogP) is 3.52. The molecular formula is C18H25NO5S. The van der Waals surface area contributed by atoms with Crippen LogP contribution in [0.4, 0.5) is 4.79 Å². The summed E-state index contributed by atoms with van der Waals surface area (Å²) in [7, 11) is 1.53. The molecule has 1 aliphatic heterocycles. The molecule has 1 aromatic carbocycles. The monoisotopic (exact) mass is 367 g/mol. The van der Waals surface area contributed by atoms with Crippen molar-refractivity contribution in [3.8, 4) is 0 Å². The molecule has 2 atom stereocenters. The van der Waals surface area contributed by atoms with Crippen LogP contribution in [-0.2, 0) is 14.2 Å². The summed E-state index contributed by atoms with van der Waals surface area (Å²) in [6.07, 6.45) is -0.356. The Morgan fingerprint density at radius 1 is 1.24 bits per heavy atom. The van der Waals surface area contributed by atoms with Crippen molar-refractivity contribution in [1.29, 1.82) is 0 Å². The van der Waals surface area contributed by atoms with E-state index in [0.717, 1.165) is 0 Å². The highest BCUT2D eigenvalue weighted by atomic mass is 32.2. The fourth-order valence-electron chi connectivity index (χ4n) is 2.46. The third kappa shape index (κ3) is 6.02. The van der Waals surface area contributed by atoms with E-state index in [-0.39, 0.29) is 17.2 Å². The Hall–Kier alpha value is -1.57. The van der Waals surface area contributed by atoms with E-state index in [1.807, 2.05) is 39.0 Å². The lowest BCUT2D eigenvalue weighted by molar-refractivity contribution is -0.115. The number of methoxy groups -OCH3 is 1. The number of benzene rings is 1. The second kappa shape index (κ2) is 8.69. The van der Waals surface area contributed by atoms with Crippen LogP contribution in [0.1, 0.15) is 37.6 Å². The Balaban J connectivity index is 2.02. The van der Waals surface area contributed by atoms with Gasteiger partial charge in [0.1, 0.15) is 18.6 Å². The number of hydrogen-bond donors (Lipinski definition) is 0. The van der Waals surface area contributed by atoms with Gasteiger partial charge in [0.05, 0.1) is 0 Å². The minimum atomic E-state index is -0.589. The van der Waals surface area contributed by atoms with Crippen LogP contribution in [0.15, 0.2) is 30.3 Å². The second-order valence-corrected chi connectivity index (χ2v) is 8.06. The summed E-state index contributed by atoms with van der Waals surface area (Å²) in [5, 5.41) is -0.0655. The number of amides is 1. The molecule has 25 heavy (non-hydrogen) atoms. The lowest BCUT2D eigenvalue weighted by Gasteiger charge is -2.28. The smallest absolute Gasteiger partial charge is 0.412 e. The predicted molar refractivity (Wildman–Crippen MR) is 96.5 cm³/mol. The SMILES string of the molecule is COCO[C@H]1C[C@H](SC(=O)c2ccccc2)CN1C(=O)OC(C)(C)C. The molecule has 7 heteroatoms. The summed E-state index contributed by atoms with van der Waals surface area (Å²) in [5.41, 5.74) is 0.0612. The first-order valence-corrected chi connectivity index (χ1v) is 9.04. The van der Waals surface area contributed by atoms with E-state index in [1.54, 1.807) is 12.1 Å². The zero-order valence-electron chi connectivity index (χ0n) is 15.1. The Labute approximate surface area is 152 Å². The van der Waals surface area contributed by atoms with Crippen LogP contribution < -0.4 is 0 Å². The lowest BCUT2D eigenvalue weighted by Crippen LogP contribution is -2.41. The minimum absolute atomic E-state index is 0.0119. The molecule has 1 aromatic rings. The van der Waals surface area contributed by atoms with E-state index in [1.165, 1.54) is 23.8 Å². The third-order valence-electron chi connectivity index (χ3n) is 3.50. The topological polar surface area (TPSA) is 65.1 Å². The van der Waals surface area contributed by atoms with Crippen LogP contribution in [0.25, 0.3) is 0 Å². The maximum Gasteiger partial charge on any atom is 0.412 e. The highest BCUT2D eigenvalue weighted by Crippen LogP contribution is 2.31. The van der Waals surface area contributed by atoms with Crippen LogP contribution in [0.2, 0.25) is 0 Å². The summed E-state index contributed by atoms with van der Waals surface area (Å²) in [6.45, 7) is 5.92. The number of rotatable bonds is 5. The highest BCUT2D eigenvalue weighted by molar-refractivity contribution is 8.14. The standard InChI is InChI=1S/C18H25NO5S/c1-18(2,3)24-17(21)19-11-14(10-15(19)23-12-22-4)25-16(20)13-8-6-5-7-9-13/h5-9,14-15H,10-12H2,1-4H3/t14-,15-/m0/s1. The molecule has 138 valence electrons. The minimum Gasteiger partial charge on any atom is -0.444 e. The van der Waals surface area contributed by atoms with Gasteiger partial charge < -0.3 is 14.2 Å². The molecule has 0 aromatic heterocycles. The van der Waals surface area contributed by atoms with E-state index in [9.17, 15) is 9.59 Å². The number of carbonyl (C=O) groups excluding carboxylic acids is 2. The average Bonchev–Trinajstić information content (AvgIpc) is 2.95. The number of nitrogens with zero attached hydrogens (tertiary/aromatic N) is 1. The van der Waals surface area contributed by atoms with Crippen LogP contribution >= 0.6 is 11.8 Å². The van der Waals surface area contributed by atoms with Crippen LogP contribution in [0.5, 0.6) is 0 Å². The summed E-state index contributed by atoms with van der Waals surface area (Å²) < 4.78 is 16.0. The van der Waals surface area contributed by atoms with Gasteiger partial charge in [0.15, 0.2) is 0 Å². The van der Waals surface area contributed by atoms with Gasteiger partial charge in [-0.2, -0.15) is 0 Å². The first kappa shape index (κ1) is 19.8. The molecule has 0 bridgehead atoms. The van der Waals surface area contributed by atoms with Crippen molar-refractivity contribution in [1.82, 2.24) is 4.90 Å². The van der Waals surface area contributed by atoms with Gasteiger partial charge in [-0.15, -0.1) is 0 Å². The van der Waals surface area contributed by atoms with Crippen molar-refractivity contribution in [3.05, 3.63) is 35.9 Å². The molecule has 0 N–H and O–H groups in total. The fourth-order valence-corrected chi connectivity index (χ4v) is 3.53. The van der Waals surface area contributed by atoms with E-state index in [0.29, 0.717) is 18.5 Å². The maximum atomic E-state index is 12.4. The number of hydrogen-bond acceptors (Lipinski definition) is 6. The van der Waals surface area contributed by atoms with Crippen LogP contribution in [-0.4, -0.2) is 53.6 Å². The van der Waals surface area contributed by atoms with Crippen molar-refractivity contribution in [3.63, 3.8) is 0 Å². The molecule has 1 heterocycles. The van der Waals surface area contributed by atoms with Crippen molar-refractivity contribution < 1.29 is 23.8 Å². The van der Waals surface area contributed by atoms with Gasteiger partial charge in [-0.05, 0) is 20.8 Å². The van der Waals surface area contributed by atoms with Crippen molar-refractivity contribution in [2.45, 2.75) is 44.3 Å². The first-order chi connectivity index (χ1) is 11.8. The molecule has 1 fully saturated rings. The Kier molecular flexibility index (Phi) is 6.87. The Morgan fingerprint density at radius 3 is 2.52 bits per heavy atom. The van der Waals surface area contributed by atoms with Crippen molar-refractivity contribution >= 4 is 23.0 Å². The maximum absolute atomic E-state index is 12.4. The molecule has 0 unspecified atom stereocenters. The van der Waals surface area contributed by atoms with E-state index >= 15 is 0 Å². The number of thioether (sulfide) groups is 1. The second-order valence-electron chi connectivity index (χ2n) is 6.79. The summed E-state index contributed by atoms with van der Waals surface area (Å²) in [5.74, 6) is 0. The van der Waals surface area contributed by atoms with Gasteiger partial charge in [0.2, 0.25) is 5.12 Å². The molecule has 2 rings (SSSR count). The number of likely N-dealkylation sites (tertiary alicyclic amines) is 1. The Morgan fingerprint density at radius 2 is 1.92 bits per heavy atom. The molecule has 0 saturated carbocycles. The molecule has 1 amide bonds. The number of ether oxygens (including phenoxy) is 3. The molecular weight excluding hydrogens is 342 g/mol. The van der Waals surface area contributed by atoms with Gasteiger partial charge >= 0.3 is 6.09 Å². The van der Waals surface area contributed by atoms with Gasteiger partial charge in [0.25, 0.3) is 0 Å². The molecule has 1 aliphatic rings. The van der Waals surface area contributed by atoms with Gasteiger partial charge in [0, 0.05) is 30.9 Å². The average molecular weight is 367 g/mol. The van der Waals surface area contributed by atoms with E-state index in [2.05, 4.69) is 0 Å². The molecule has 0 aliphatic carbocycles. The molecule has 1 saturated heterocycles. The fraction of sp³-hybridized carbons (Fsp3) is 0.556. The quantitative estimate of drug-likeness (QED) is 0.742. The Bertz CT molecular complexity index is 587. The summed E-state index contributed by atoms with van der Waals surface area (Å²) in [6, 6.07) is 9.11. The molecule has 0 spiro atoms. The largest absolute Gasteiger partial charge is 0.444 e. The van der Waals surface area contributed by atoms with Gasteiger partial charge in [-0.1, -0.05) is 42.1 Å². The van der Waals surface area contributed by atoms with Gasteiger partial charge in [-0.3, -0.25) is 9.69 Å². The highest BCUT2D eigenvalue weighted by Gasteiger charge is 2.39. The first-order valence-electron chi connectivity index (χ1n) is 8.16. The van der Waals surface area contributed by atoms with Crippen molar-refractivity contribution in [2.75, 3.05) is 20.4 Å². The van der Waals surface area contributed by atoms with Crippen molar-refractivity contribution in [2.24, 2.45) is 0 Å². The normalized spacial score (nSPS) is 20.6. The zero-order chi connectivity index (χ0) is 18.4. The van der Waals surface area contributed by atoms with Crippen LogP contribution in [0, 0.1) is 0 Å². The van der Waals surface area contributed by atoms with E-state index < -0.39 is 17.9 Å². The third-order valence-corrected chi connectivity index (χ3v) is 4.63. The van der Waals surface area contributed by atoms with E-state index in [4.69, 9.17) is 14.2 Å². The summed E-state index contributed by atoms with van der Waals surface area (Å²) >= 11 is 1.23. The molecule has 0 radical (unpaired) electrons. The van der Waals surface area contributed by atoms with Gasteiger partial charge in [-0.25, -0.2) is 4.79 Å². The zero-order valence-corrected chi connectivity index (χ0v) is 15.9. The molecule has 6 nitrogen and oxygen atoms in total. The van der Waals surface area contributed by atoms with Crippen LogP contribution in [0.3, 0.4) is 0 Å². The lowest BCUT2D eigenvalue weighted by atomic mass is 10.2.